The van der Waals surface area contributed by atoms with Gasteiger partial charge in [-0.05, 0) is 48.8 Å². The number of hydrogen-bond donors (Lipinski definition) is 1. The number of nitrogens with one attached hydrogen (secondary N) is 1. The van der Waals surface area contributed by atoms with E-state index in [4.69, 9.17) is 0 Å². The smallest absolute Gasteiger partial charge is 0.0208 e. The van der Waals surface area contributed by atoms with Gasteiger partial charge in [0.05, 0.1) is 0 Å². The number of hydrogen-bond acceptors (Lipinski definition) is 1. The Morgan fingerprint density at radius 1 is 0.950 bits per heavy atom. The molecule has 0 heterocycles. The fourth-order valence-electron chi connectivity index (χ4n) is 2.66. The second-order valence-electron chi connectivity index (χ2n) is 5.99. The van der Waals surface area contributed by atoms with Crippen molar-refractivity contribution in [2.75, 3.05) is 0 Å². The van der Waals surface area contributed by atoms with Crippen LogP contribution in [0.25, 0.3) is 0 Å². The van der Waals surface area contributed by atoms with E-state index in [1.54, 1.807) is 0 Å². The molecule has 0 amide bonds. The van der Waals surface area contributed by atoms with Crippen LogP contribution in [0, 0.1) is 0 Å². The Morgan fingerprint density at radius 3 is 2.30 bits per heavy atom. The van der Waals surface area contributed by atoms with Gasteiger partial charge < -0.3 is 5.32 Å². The van der Waals surface area contributed by atoms with E-state index < -0.39 is 0 Å². The fourth-order valence-corrected chi connectivity index (χ4v) is 2.66. The van der Waals surface area contributed by atoms with E-state index in [9.17, 15) is 0 Å². The summed E-state index contributed by atoms with van der Waals surface area (Å²) in [6.07, 6.45) is 3.85. The summed E-state index contributed by atoms with van der Waals surface area (Å²) >= 11 is 0. The molecule has 1 unspecified atom stereocenters. The van der Waals surface area contributed by atoms with Gasteiger partial charge in [0, 0.05) is 12.6 Å². The van der Waals surface area contributed by atoms with Gasteiger partial charge in [0.2, 0.25) is 0 Å². The summed E-state index contributed by atoms with van der Waals surface area (Å²) in [4.78, 5) is 0. The molecule has 0 saturated heterocycles. The zero-order chi connectivity index (χ0) is 13.8. The zero-order valence-electron chi connectivity index (χ0n) is 12.2. The molecule has 1 N–H and O–H groups in total. The van der Waals surface area contributed by atoms with E-state index in [0.29, 0.717) is 6.04 Å². The van der Waals surface area contributed by atoms with E-state index >= 15 is 0 Å². The third-order valence-electron chi connectivity index (χ3n) is 4.07. The lowest BCUT2D eigenvalue weighted by Crippen LogP contribution is -2.27. The van der Waals surface area contributed by atoms with E-state index in [1.165, 1.54) is 29.5 Å². The number of benzene rings is 2. The SMILES string of the molecule is CC(Cc1ccccc1)NCc1ccc(C2CC2)cc1. The summed E-state index contributed by atoms with van der Waals surface area (Å²) < 4.78 is 0. The molecule has 104 valence electrons. The second kappa shape index (κ2) is 6.23. The monoisotopic (exact) mass is 265 g/mol. The fraction of sp³-hybridized carbons (Fsp3) is 0.368. The average Bonchev–Trinajstić information content (AvgIpc) is 3.31. The molecule has 1 aliphatic rings. The zero-order valence-corrected chi connectivity index (χ0v) is 12.2. The van der Waals surface area contributed by atoms with Crippen molar-refractivity contribution in [1.82, 2.24) is 5.32 Å². The lowest BCUT2D eigenvalue weighted by atomic mass is 10.1. The molecule has 3 rings (SSSR count). The van der Waals surface area contributed by atoms with Crippen molar-refractivity contribution in [1.29, 1.82) is 0 Å². The van der Waals surface area contributed by atoms with Gasteiger partial charge in [-0.1, -0.05) is 54.6 Å². The van der Waals surface area contributed by atoms with Crippen LogP contribution in [0.1, 0.15) is 42.4 Å². The predicted molar refractivity (Wildman–Crippen MR) is 84.9 cm³/mol. The molecule has 0 radical (unpaired) electrons. The van der Waals surface area contributed by atoms with Crippen LogP contribution in [0.4, 0.5) is 0 Å². The van der Waals surface area contributed by atoms with Gasteiger partial charge in [0.25, 0.3) is 0 Å². The summed E-state index contributed by atoms with van der Waals surface area (Å²) in [5.41, 5.74) is 4.30. The summed E-state index contributed by atoms with van der Waals surface area (Å²) in [5.74, 6) is 0.856. The van der Waals surface area contributed by atoms with Crippen LogP contribution in [-0.2, 0) is 13.0 Å². The summed E-state index contributed by atoms with van der Waals surface area (Å²) in [6, 6.07) is 20.3. The third kappa shape index (κ3) is 3.71. The van der Waals surface area contributed by atoms with Gasteiger partial charge in [0.15, 0.2) is 0 Å². The average molecular weight is 265 g/mol. The predicted octanol–water partition coefficient (Wildman–Crippen LogP) is 4.28. The molecule has 2 aromatic rings. The quantitative estimate of drug-likeness (QED) is 0.822. The Morgan fingerprint density at radius 2 is 1.65 bits per heavy atom. The molecule has 0 aromatic heterocycles. The first-order valence-electron chi connectivity index (χ1n) is 7.67. The Balaban J connectivity index is 1.48. The maximum atomic E-state index is 3.61. The van der Waals surface area contributed by atoms with Gasteiger partial charge >= 0.3 is 0 Å². The van der Waals surface area contributed by atoms with E-state index in [2.05, 4.69) is 66.8 Å². The van der Waals surface area contributed by atoms with Gasteiger partial charge in [-0.15, -0.1) is 0 Å². The van der Waals surface area contributed by atoms with Crippen LogP contribution in [0.15, 0.2) is 54.6 Å². The summed E-state index contributed by atoms with van der Waals surface area (Å²) in [5, 5.41) is 3.61. The van der Waals surface area contributed by atoms with Crippen LogP contribution in [0.2, 0.25) is 0 Å². The molecule has 1 aliphatic carbocycles. The first kappa shape index (κ1) is 13.4. The highest BCUT2D eigenvalue weighted by Crippen LogP contribution is 2.39. The minimum absolute atomic E-state index is 0.500. The highest BCUT2D eigenvalue weighted by Gasteiger charge is 2.22. The maximum absolute atomic E-state index is 3.61. The van der Waals surface area contributed by atoms with Crippen LogP contribution < -0.4 is 5.32 Å². The molecule has 1 heteroatoms. The molecule has 2 aromatic carbocycles. The van der Waals surface area contributed by atoms with Crippen molar-refractivity contribution in [2.24, 2.45) is 0 Å². The molecule has 0 bridgehead atoms. The molecule has 1 saturated carbocycles. The summed E-state index contributed by atoms with van der Waals surface area (Å²) in [6.45, 7) is 3.21. The lowest BCUT2D eigenvalue weighted by molar-refractivity contribution is 0.545. The molecular formula is C19H23N. The van der Waals surface area contributed by atoms with Gasteiger partial charge in [-0.2, -0.15) is 0 Å². The molecule has 0 spiro atoms. The Labute approximate surface area is 122 Å². The third-order valence-corrected chi connectivity index (χ3v) is 4.07. The topological polar surface area (TPSA) is 12.0 Å². The van der Waals surface area contributed by atoms with Crippen molar-refractivity contribution < 1.29 is 0 Å². The van der Waals surface area contributed by atoms with Crippen LogP contribution >= 0.6 is 0 Å². The molecule has 0 aliphatic heterocycles. The standard InChI is InChI=1S/C19H23N/c1-15(13-16-5-3-2-4-6-16)20-14-17-7-9-18(10-8-17)19-11-12-19/h2-10,15,19-20H,11-14H2,1H3. The summed E-state index contributed by atoms with van der Waals surface area (Å²) in [7, 11) is 0. The van der Waals surface area contributed by atoms with Crippen molar-refractivity contribution in [3.8, 4) is 0 Å². The minimum Gasteiger partial charge on any atom is -0.310 e. The molecule has 20 heavy (non-hydrogen) atoms. The van der Waals surface area contributed by atoms with Gasteiger partial charge in [0.1, 0.15) is 0 Å². The molecule has 1 atom stereocenters. The Kier molecular flexibility index (Phi) is 4.17. The van der Waals surface area contributed by atoms with Crippen LogP contribution in [-0.4, -0.2) is 6.04 Å². The second-order valence-corrected chi connectivity index (χ2v) is 5.99. The van der Waals surface area contributed by atoms with Gasteiger partial charge in [-0.3, -0.25) is 0 Å². The van der Waals surface area contributed by atoms with Crippen molar-refractivity contribution in [3.05, 3.63) is 71.3 Å². The Hall–Kier alpha value is -1.60. The highest BCUT2D eigenvalue weighted by atomic mass is 14.9. The largest absolute Gasteiger partial charge is 0.310 e. The molecule has 1 fully saturated rings. The lowest BCUT2D eigenvalue weighted by Gasteiger charge is -2.14. The normalized spacial score (nSPS) is 16.1. The Bertz CT molecular complexity index is 525. The van der Waals surface area contributed by atoms with Gasteiger partial charge in [-0.25, -0.2) is 0 Å². The van der Waals surface area contributed by atoms with E-state index in [0.717, 1.165) is 18.9 Å². The van der Waals surface area contributed by atoms with Crippen LogP contribution in [0.3, 0.4) is 0 Å². The van der Waals surface area contributed by atoms with Crippen molar-refractivity contribution in [2.45, 2.75) is 44.7 Å². The molecular weight excluding hydrogens is 242 g/mol. The molecule has 1 nitrogen and oxygen atoms in total. The van der Waals surface area contributed by atoms with E-state index in [1.807, 2.05) is 0 Å². The first-order valence-corrected chi connectivity index (χ1v) is 7.67. The van der Waals surface area contributed by atoms with Crippen LogP contribution in [0.5, 0.6) is 0 Å². The maximum Gasteiger partial charge on any atom is 0.0208 e. The van der Waals surface area contributed by atoms with Crippen molar-refractivity contribution in [3.63, 3.8) is 0 Å². The minimum atomic E-state index is 0.500. The first-order chi connectivity index (χ1) is 9.81. The van der Waals surface area contributed by atoms with Crippen molar-refractivity contribution >= 4 is 0 Å². The van der Waals surface area contributed by atoms with E-state index in [-0.39, 0.29) is 0 Å². The number of rotatable bonds is 6. The highest BCUT2D eigenvalue weighted by molar-refractivity contribution is 5.28.